The van der Waals surface area contributed by atoms with Gasteiger partial charge in [0.25, 0.3) is 0 Å². The first-order valence-corrected chi connectivity index (χ1v) is 10.6. The first-order chi connectivity index (χ1) is 13.0. The second-order valence-corrected chi connectivity index (χ2v) is 9.34. The minimum absolute atomic E-state index is 0.0282. The summed E-state index contributed by atoms with van der Waals surface area (Å²) in [6.07, 6.45) is 0.995. The number of para-hydroxylation sites is 1. The molecule has 2 unspecified atom stereocenters. The number of benzene rings is 2. The highest BCUT2D eigenvalue weighted by Gasteiger charge is 2.47. The van der Waals surface area contributed by atoms with Gasteiger partial charge in [-0.05, 0) is 37.2 Å². The molecule has 142 valence electrons. The van der Waals surface area contributed by atoms with Crippen molar-refractivity contribution >= 4 is 9.84 Å². The van der Waals surface area contributed by atoms with Crippen molar-refractivity contribution in [2.45, 2.75) is 34.7 Å². The highest BCUT2D eigenvalue weighted by Crippen LogP contribution is 2.48. The maximum atomic E-state index is 13.3. The van der Waals surface area contributed by atoms with Gasteiger partial charge in [0.15, 0.2) is 11.5 Å². The van der Waals surface area contributed by atoms with Crippen molar-refractivity contribution < 1.29 is 22.6 Å². The minimum atomic E-state index is -3.76. The summed E-state index contributed by atoms with van der Waals surface area (Å²) in [5.41, 5.74) is 1.01. The molecule has 0 bridgehead atoms. The summed E-state index contributed by atoms with van der Waals surface area (Å²) in [6, 6.07) is 10.2. The molecule has 27 heavy (non-hydrogen) atoms. The third kappa shape index (κ3) is 2.45. The van der Waals surface area contributed by atoms with Crippen LogP contribution in [0.4, 0.5) is 0 Å². The lowest BCUT2D eigenvalue weighted by Gasteiger charge is -2.35. The first-order valence-electron chi connectivity index (χ1n) is 9.16. The van der Waals surface area contributed by atoms with E-state index in [0.29, 0.717) is 24.7 Å². The lowest BCUT2D eigenvalue weighted by Crippen LogP contribution is -2.49. The van der Waals surface area contributed by atoms with Gasteiger partial charge >= 0.3 is 0 Å². The molecule has 1 saturated heterocycles. The molecule has 1 N–H and O–H groups in total. The quantitative estimate of drug-likeness (QED) is 0.852. The fraction of sp³-hybridized carbons (Fsp3) is 0.400. The largest absolute Gasteiger partial charge is 0.488 e. The molecule has 7 heteroatoms. The number of fused-ring (bicyclic) bond motifs is 4. The normalized spacial score (nSPS) is 26.0. The van der Waals surface area contributed by atoms with Crippen LogP contribution in [0, 0.1) is 0 Å². The second kappa shape index (κ2) is 5.87. The van der Waals surface area contributed by atoms with E-state index in [-0.39, 0.29) is 27.1 Å². The van der Waals surface area contributed by atoms with E-state index in [1.165, 1.54) is 0 Å². The lowest BCUT2D eigenvalue weighted by molar-refractivity contribution is 0.123. The zero-order valence-electron chi connectivity index (χ0n) is 15.0. The van der Waals surface area contributed by atoms with Gasteiger partial charge in [0.1, 0.15) is 30.0 Å². The Kier molecular flexibility index (Phi) is 3.67. The Hall–Kier alpha value is -2.25. The van der Waals surface area contributed by atoms with Crippen LogP contribution in [0.3, 0.4) is 0 Å². The van der Waals surface area contributed by atoms with E-state index in [0.717, 1.165) is 25.1 Å². The maximum Gasteiger partial charge on any atom is 0.210 e. The van der Waals surface area contributed by atoms with E-state index in [4.69, 9.17) is 14.2 Å². The zero-order chi connectivity index (χ0) is 18.6. The Morgan fingerprint density at radius 1 is 1.11 bits per heavy atom. The summed E-state index contributed by atoms with van der Waals surface area (Å²) in [5, 5.41) is 3.35. The number of rotatable bonds is 2. The molecule has 3 aliphatic heterocycles. The maximum absolute atomic E-state index is 13.3. The summed E-state index contributed by atoms with van der Waals surface area (Å²) in [5.74, 6) is 1.41. The standard InChI is InChI=1S/C20H21NO5S/c1-20-7-8-21-12-18(20)26-16-11-13(5-6-14(16)20)27(22,23)17-4-2-3-15-19(17)25-10-9-24-15/h2-6,11,18,21H,7-10,12H2,1H3. The zero-order valence-corrected chi connectivity index (χ0v) is 15.8. The molecule has 0 amide bonds. The number of piperidine rings is 1. The fourth-order valence-electron chi connectivity index (χ4n) is 4.23. The molecule has 3 aliphatic rings. The summed E-state index contributed by atoms with van der Waals surface area (Å²) in [4.78, 5) is 0.335. The smallest absolute Gasteiger partial charge is 0.210 e. The summed E-state index contributed by atoms with van der Waals surface area (Å²) in [6.45, 7) is 4.64. The summed E-state index contributed by atoms with van der Waals surface area (Å²) < 4.78 is 43.8. The van der Waals surface area contributed by atoms with E-state index in [1.54, 1.807) is 30.3 Å². The van der Waals surface area contributed by atoms with Crippen LogP contribution in [-0.2, 0) is 15.3 Å². The van der Waals surface area contributed by atoms with Gasteiger partial charge in [0.2, 0.25) is 9.84 Å². The molecule has 0 aromatic heterocycles. The van der Waals surface area contributed by atoms with Gasteiger partial charge < -0.3 is 19.5 Å². The van der Waals surface area contributed by atoms with Crippen LogP contribution in [0.5, 0.6) is 17.2 Å². The number of hydrogen-bond acceptors (Lipinski definition) is 6. The van der Waals surface area contributed by atoms with Crippen molar-refractivity contribution in [3.63, 3.8) is 0 Å². The topological polar surface area (TPSA) is 73.9 Å². The highest BCUT2D eigenvalue weighted by molar-refractivity contribution is 7.91. The Morgan fingerprint density at radius 3 is 2.85 bits per heavy atom. The number of nitrogens with one attached hydrogen (secondary N) is 1. The fourth-order valence-corrected chi connectivity index (χ4v) is 5.65. The number of sulfone groups is 1. The van der Waals surface area contributed by atoms with Gasteiger partial charge in [0, 0.05) is 17.5 Å². The third-order valence-corrected chi connectivity index (χ3v) is 7.60. The highest BCUT2D eigenvalue weighted by atomic mass is 32.2. The van der Waals surface area contributed by atoms with E-state index in [2.05, 4.69) is 12.2 Å². The predicted molar refractivity (Wildman–Crippen MR) is 98.6 cm³/mol. The van der Waals surface area contributed by atoms with Crippen LogP contribution in [0.1, 0.15) is 18.9 Å². The molecule has 0 spiro atoms. The molecule has 2 atom stereocenters. The van der Waals surface area contributed by atoms with Crippen LogP contribution in [0.25, 0.3) is 0 Å². The Bertz CT molecular complexity index is 1020. The van der Waals surface area contributed by atoms with E-state index in [9.17, 15) is 8.42 Å². The van der Waals surface area contributed by atoms with Gasteiger partial charge in [-0.3, -0.25) is 0 Å². The van der Waals surface area contributed by atoms with Crippen molar-refractivity contribution in [1.29, 1.82) is 0 Å². The predicted octanol–water partition coefficient (Wildman–Crippen LogP) is 2.30. The lowest BCUT2D eigenvalue weighted by atomic mass is 9.74. The van der Waals surface area contributed by atoms with Crippen LogP contribution in [-0.4, -0.2) is 40.8 Å². The van der Waals surface area contributed by atoms with Crippen molar-refractivity contribution in [3.05, 3.63) is 42.0 Å². The van der Waals surface area contributed by atoms with Gasteiger partial charge in [-0.15, -0.1) is 0 Å². The molecule has 0 saturated carbocycles. The molecular weight excluding hydrogens is 366 g/mol. The van der Waals surface area contributed by atoms with Crippen LogP contribution in [0.15, 0.2) is 46.2 Å². The molecule has 0 radical (unpaired) electrons. The summed E-state index contributed by atoms with van der Waals surface area (Å²) >= 11 is 0. The molecule has 6 nitrogen and oxygen atoms in total. The Labute approximate surface area is 158 Å². The van der Waals surface area contributed by atoms with Crippen molar-refractivity contribution in [2.24, 2.45) is 0 Å². The monoisotopic (exact) mass is 387 g/mol. The summed E-state index contributed by atoms with van der Waals surface area (Å²) in [7, 11) is -3.76. The van der Waals surface area contributed by atoms with Gasteiger partial charge in [-0.1, -0.05) is 19.1 Å². The van der Waals surface area contributed by atoms with E-state index >= 15 is 0 Å². The van der Waals surface area contributed by atoms with Crippen molar-refractivity contribution in [1.82, 2.24) is 5.32 Å². The van der Waals surface area contributed by atoms with E-state index in [1.807, 2.05) is 6.07 Å². The average Bonchev–Trinajstić information content (AvgIpc) is 2.99. The molecule has 1 fully saturated rings. The van der Waals surface area contributed by atoms with Crippen LogP contribution in [0.2, 0.25) is 0 Å². The van der Waals surface area contributed by atoms with Crippen LogP contribution < -0.4 is 19.5 Å². The number of hydrogen-bond donors (Lipinski definition) is 1. The van der Waals surface area contributed by atoms with Crippen molar-refractivity contribution in [3.8, 4) is 17.2 Å². The molecule has 3 heterocycles. The van der Waals surface area contributed by atoms with Crippen molar-refractivity contribution in [2.75, 3.05) is 26.3 Å². The molecular formula is C20H21NO5S. The Morgan fingerprint density at radius 2 is 1.96 bits per heavy atom. The second-order valence-electron chi connectivity index (χ2n) is 7.42. The van der Waals surface area contributed by atoms with Gasteiger partial charge in [0.05, 0.1) is 4.90 Å². The molecule has 5 rings (SSSR count). The van der Waals surface area contributed by atoms with Gasteiger partial charge in [-0.25, -0.2) is 8.42 Å². The molecule has 2 aromatic rings. The number of ether oxygens (including phenoxy) is 3. The SMILES string of the molecule is CC12CCNCC1Oc1cc(S(=O)(=O)c3cccc4c3OCCO4)ccc12. The first kappa shape index (κ1) is 16.9. The minimum Gasteiger partial charge on any atom is -0.488 e. The van der Waals surface area contributed by atoms with Crippen LogP contribution >= 0.6 is 0 Å². The average molecular weight is 387 g/mol. The van der Waals surface area contributed by atoms with Gasteiger partial charge in [-0.2, -0.15) is 0 Å². The molecule has 2 aromatic carbocycles. The Balaban J connectivity index is 1.59. The van der Waals surface area contributed by atoms with E-state index < -0.39 is 9.84 Å². The third-order valence-electron chi connectivity index (χ3n) is 5.83. The molecule has 0 aliphatic carbocycles.